The van der Waals surface area contributed by atoms with Crippen molar-refractivity contribution in [2.75, 3.05) is 7.05 Å². The van der Waals surface area contributed by atoms with Crippen LogP contribution in [0.3, 0.4) is 0 Å². The first-order chi connectivity index (χ1) is 15.8. The molecule has 1 aliphatic heterocycles. The van der Waals surface area contributed by atoms with Crippen LogP contribution >= 0.6 is 12.2 Å². The molecule has 0 amide bonds. The van der Waals surface area contributed by atoms with E-state index in [1.54, 1.807) is 0 Å². The van der Waals surface area contributed by atoms with Gasteiger partial charge in [0.1, 0.15) is 11.5 Å². The Morgan fingerprint density at radius 2 is 1.52 bits per heavy atom. The van der Waals surface area contributed by atoms with Crippen molar-refractivity contribution >= 4 is 23.1 Å². The van der Waals surface area contributed by atoms with Crippen molar-refractivity contribution in [1.29, 1.82) is 0 Å². The Morgan fingerprint density at radius 1 is 0.939 bits per heavy atom. The van der Waals surface area contributed by atoms with Crippen LogP contribution in [0.5, 0.6) is 11.5 Å². The maximum absolute atomic E-state index is 13.4. The summed E-state index contributed by atoms with van der Waals surface area (Å²) in [6, 6.07) is 25.0. The number of carbonyl (C=O) groups excluding carboxylic acids is 1. The van der Waals surface area contributed by atoms with Crippen LogP contribution in [0, 0.1) is 0 Å². The van der Waals surface area contributed by atoms with Gasteiger partial charge in [-0.25, -0.2) is 0 Å². The number of Topliss-reactive ketones (excluding diaryl/α,β-unsaturated/α-hetero) is 1. The van der Waals surface area contributed by atoms with Gasteiger partial charge in [0.25, 0.3) is 0 Å². The van der Waals surface area contributed by atoms with Crippen molar-refractivity contribution < 1.29 is 9.53 Å². The SMILES string of the molecule is CC1=C(C(=O)c2ccccc2)C(c2ccc(Oc3ccc(C(C)C)cc3)cc2)NC(=S)N1C. The van der Waals surface area contributed by atoms with Gasteiger partial charge in [-0.2, -0.15) is 0 Å². The lowest BCUT2D eigenvalue weighted by molar-refractivity contribution is 0.102. The van der Waals surface area contributed by atoms with Crippen LogP contribution in [0.1, 0.15) is 54.2 Å². The van der Waals surface area contributed by atoms with Crippen molar-refractivity contribution in [2.24, 2.45) is 0 Å². The molecular weight excluding hydrogens is 428 g/mol. The van der Waals surface area contributed by atoms with Crippen LogP contribution in [0.2, 0.25) is 0 Å². The van der Waals surface area contributed by atoms with E-state index < -0.39 is 0 Å². The van der Waals surface area contributed by atoms with E-state index in [1.807, 2.05) is 85.6 Å². The van der Waals surface area contributed by atoms with Crippen LogP contribution in [-0.4, -0.2) is 22.8 Å². The van der Waals surface area contributed by atoms with Gasteiger partial charge in [-0.05, 0) is 60.5 Å². The van der Waals surface area contributed by atoms with Crippen molar-refractivity contribution in [3.8, 4) is 11.5 Å². The minimum Gasteiger partial charge on any atom is -0.457 e. The smallest absolute Gasteiger partial charge is 0.193 e. The summed E-state index contributed by atoms with van der Waals surface area (Å²) < 4.78 is 6.02. The summed E-state index contributed by atoms with van der Waals surface area (Å²) >= 11 is 5.52. The predicted molar refractivity (Wildman–Crippen MR) is 137 cm³/mol. The molecule has 33 heavy (non-hydrogen) atoms. The van der Waals surface area contributed by atoms with E-state index in [2.05, 4.69) is 31.3 Å². The molecule has 5 heteroatoms. The Kier molecular flexibility index (Phi) is 6.61. The van der Waals surface area contributed by atoms with Gasteiger partial charge >= 0.3 is 0 Å². The van der Waals surface area contributed by atoms with Crippen LogP contribution in [0.4, 0.5) is 0 Å². The number of benzene rings is 3. The molecule has 3 aromatic rings. The molecule has 1 unspecified atom stereocenters. The zero-order valence-electron chi connectivity index (χ0n) is 19.3. The van der Waals surface area contributed by atoms with E-state index in [4.69, 9.17) is 17.0 Å². The number of hydrogen-bond acceptors (Lipinski definition) is 3. The highest BCUT2D eigenvalue weighted by molar-refractivity contribution is 7.80. The Bertz CT molecular complexity index is 1180. The van der Waals surface area contributed by atoms with E-state index in [1.165, 1.54) is 5.56 Å². The number of ether oxygens (including phenoxy) is 1. The number of nitrogens with one attached hydrogen (secondary N) is 1. The van der Waals surface area contributed by atoms with Crippen LogP contribution < -0.4 is 10.1 Å². The zero-order valence-corrected chi connectivity index (χ0v) is 20.1. The maximum Gasteiger partial charge on any atom is 0.193 e. The number of carbonyl (C=O) groups is 1. The summed E-state index contributed by atoms with van der Waals surface area (Å²) in [5, 5.41) is 3.93. The van der Waals surface area contributed by atoms with Gasteiger partial charge in [0.15, 0.2) is 10.9 Å². The van der Waals surface area contributed by atoms with Gasteiger partial charge in [0, 0.05) is 23.9 Å². The molecule has 1 aliphatic rings. The van der Waals surface area contributed by atoms with Gasteiger partial charge < -0.3 is 15.0 Å². The molecule has 3 aromatic carbocycles. The highest BCUT2D eigenvalue weighted by Gasteiger charge is 2.32. The summed E-state index contributed by atoms with van der Waals surface area (Å²) in [6.07, 6.45) is 0. The molecule has 4 rings (SSSR count). The van der Waals surface area contributed by atoms with E-state index in [9.17, 15) is 4.79 Å². The first kappa shape index (κ1) is 22.7. The lowest BCUT2D eigenvalue weighted by Crippen LogP contribution is -2.45. The Labute approximate surface area is 200 Å². The largest absolute Gasteiger partial charge is 0.457 e. The fourth-order valence-corrected chi connectivity index (χ4v) is 4.16. The van der Waals surface area contributed by atoms with Gasteiger partial charge in [-0.15, -0.1) is 0 Å². The Balaban J connectivity index is 1.61. The molecule has 0 aromatic heterocycles. The second-order valence-electron chi connectivity index (χ2n) is 8.53. The van der Waals surface area contributed by atoms with Crippen molar-refractivity contribution in [3.05, 3.63) is 107 Å². The molecule has 0 fully saturated rings. The number of rotatable bonds is 6. The van der Waals surface area contributed by atoms with Gasteiger partial charge in [-0.3, -0.25) is 4.79 Å². The minimum atomic E-state index is -0.333. The molecule has 1 heterocycles. The van der Waals surface area contributed by atoms with Crippen molar-refractivity contribution in [1.82, 2.24) is 10.2 Å². The maximum atomic E-state index is 13.4. The molecule has 168 valence electrons. The average molecular weight is 457 g/mol. The van der Waals surface area contributed by atoms with E-state index in [0.29, 0.717) is 22.2 Å². The average Bonchev–Trinajstić information content (AvgIpc) is 2.83. The molecule has 1 N–H and O–H groups in total. The molecule has 4 nitrogen and oxygen atoms in total. The zero-order chi connectivity index (χ0) is 23.5. The third kappa shape index (κ3) is 4.83. The van der Waals surface area contributed by atoms with Crippen molar-refractivity contribution in [2.45, 2.75) is 32.7 Å². The summed E-state index contributed by atoms with van der Waals surface area (Å²) in [4.78, 5) is 15.3. The quantitative estimate of drug-likeness (QED) is 0.333. The fraction of sp³-hybridized carbons (Fsp3) is 0.214. The summed E-state index contributed by atoms with van der Waals surface area (Å²) in [5.74, 6) is 2.01. The first-order valence-corrected chi connectivity index (χ1v) is 11.5. The summed E-state index contributed by atoms with van der Waals surface area (Å²) in [5.41, 5.74) is 4.43. The molecule has 0 radical (unpaired) electrons. The van der Waals surface area contributed by atoms with Crippen LogP contribution in [0.25, 0.3) is 0 Å². The predicted octanol–water partition coefficient (Wildman–Crippen LogP) is 6.62. The number of allylic oxidation sites excluding steroid dienone is 1. The normalized spacial score (nSPS) is 16.1. The molecule has 1 atom stereocenters. The second kappa shape index (κ2) is 9.59. The molecule has 0 saturated carbocycles. The minimum absolute atomic E-state index is 0.00878. The lowest BCUT2D eigenvalue weighted by Gasteiger charge is -2.36. The van der Waals surface area contributed by atoms with E-state index >= 15 is 0 Å². The standard InChI is InChI=1S/C28H28N2O2S/c1-18(2)20-10-14-23(15-11-20)32-24-16-12-21(13-17-24)26-25(19(3)30(4)28(33)29-26)27(31)22-8-6-5-7-9-22/h5-18,26H,1-4H3,(H,29,33). The highest BCUT2D eigenvalue weighted by Crippen LogP contribution is 2.33. The number of nitrogens with zero attached hydrogens (tertiary/aromatic N) is 1. The third-order valence-electron chi connectivity index (χ3n) is 6.03. The monoisotopic (exact) mass is 456 g/mol. The topological polar surface area (TPSA) is 41.6 Å². The number of ketones is 1. The van der Waals surface area contributed by atoms with Crippen LogP contribution in [0.15, 0.2) is 90.1 Å². The fourth-order valence-electron chi connectivity index (χ4n) is 3.91. The van der Waals surface area contributed by atoms with Crippen LogP contribution in [-0.2, 0) is 0 Å². The van der Waals surface area contributed by atoms with Gasteiger partial charge in [-0.1, -0.05) is 68.4 Å². The van der Waals surface area contributed by atoms with Crippen molar-refractivity contribution in [3.63, 3.8) is 0 Å². The van der Waals surface area contributed by atoms with Gasteiger partial charge in [0.2, 0.25) is 0 Å². The Hall–Kier alpha value is -3.44. The molecule has 0 bridgehead atoms. The molecule has 0 aliphatic carbocycles. The lowest BCUT2D eigenvalue weighted by atomic mass is 9.89. The first-order valence-electron chi connectivity index (χ1n) is 11.1. The summed E-state index contributed by atoms with van der Waals surface area (Å²) in [7, 11) is 1.88. The molecule has 0 spiro atoms. The Morgan fingerprint density at radius 3 is 2.09 bits per heavy atom. The second-order valence-corrected chi connectivity index (χ2v) is 8.92. The third-order valence-corrected chi connectivity index (χ3v) is 6.42. The van der Waals surface area contributed by atoms with E-state index in [-0.39, 0.29) is 11.8 Å². The summed E-state index contributed by atoms with van der Waals surface area (Å²) in [6.45, 7) is 6.28. The molecular formula is C28H28N2O2S. The van der Waals surface area contributed by atoms with E-state index in [0.717, 1.165) is 22.8 Å². The number of hydrogen-bond donors (Lipinski definition) is 1. The van der Waals surface area contributed by atoms with Gasteiger partial charge in [0.05, 0.1) is 6.04 Å². The highest BCUT2D eigenvalue weighted by atomic mass is 32.1. The molecule has 0 saturated heterocycles. The number of thiocarbonyl (C=S) groups is 1.